The minimum Gasteiger partial charge on any atom is -0.355 e. The van der Waals surface area contributed by atoms with E-state index in [1.54, 1.807) is 0 Å². The Morgan fingerprint density at radius 1 is 1.30 bits per heavy atom. The molecule has 0 aliphatic rings. The van der Waals surface area contributed by atoms with Crippen LogP contribution in [-0.2, 0) is 4.79 Å². The molecule has 1 aromatic carbocycles. The molecule has 1 amide bonds. The number of aryl methyl sites for hydroxylation is 1. The second-order valence-electron chi connectivity index (χ2n) is 5.86. The number of hydrogen-bond acceptors (Lipinski definition) is 5. The first-order valence-electron chi connectivity index (χ1n) is 7.64. The van der Waals surface area contributed by atoms with Crippen LogP contribution < -0.4 is 11.2 Å². The normalized spacial score (nSPS) is 11.0. The summed E-state index contributed by atoms with van der Waals surface area (Å²) in [5.41, 5.74) is 2.07. The summed E-state index contributed by atoms with van der Waals surface area (Å²) in [6, 6.07) is 7.91. The van der Waals surface area contributed by atoms with Gasteiger partial charge in [0.2, 0.25) is 11.1 Å². The molecule has 1 heterocycles. The van der Waals surface area contributed by atoms with Gasteiger partial charge >= 0.3 is 0 Å². The maximum atomic E-state index is 11.8. The molecular formula is C16H23N5OS. The number of amides is 1. The van der Waals surface area contributed by atoms with E-state index in [0.717, 1.165) is 12.0 Å². The summed E-state index contributed by atoms with van der Waals surface area (Å²) in [5, 5.41) is 11.6. The fourth-order valence-electron chi connectivity index (χ4n) is 1.96. The summed E-state index contributed by atoms with van der Waals surface area (Å²) in [6.07, 6.45) is 0.973. The van der Waals surface area contributed by atoms with E-state index in [9.17, 15) is 4.79 Å². The molecular weight excluding hydrogens is 310 g/mol. The van der Waals surface area contributed by atoms with E-state index in [1.807, 2.05) is 31.2 Å². The summed E-state index contributed by atoms with van der Waals surface area (Å²) < 4.78 is 1.43. The maximum Gasteiger partial charge on any atom is 0.230 e. The van der Waals surface area contributed by atoms with Crippen molar-refractivity contribution in [3.8, 4) is 11.4 Å². The smallest absolute Gasteiger partial charge is 0.230 e. The summed E-state index contributed by atoms with van der Waals surface area (Å²) in [4.78, 5) is 11.8. The fraction of sp³-hybridized carbons (Fsp3) is 0.438. The van der Waals surface area contributed by atoms with Gasteiger partial charge in [-0.3, -0.25) is 4.79 Å². The lowest BCUT2D eigenvalue weighted by atomic mass is 10.1. The van der Waals surface area contributed by atoms with Gasteiger partial charge in [0.05, 0.1) is 5.75 Å². The number of carbonyl (C=O) groups excluding carboxylic acids is 1. The fourth-order valence-corrected chi connectivity index (χ4v) is 2.64. The highest BCUT2D eigenvalue weighted by molar-refractivity contribution is 7.99. The molecule has 124 valence electrons. The van der Waals surface area contributed by atoms with E-state index in [4.69, 9.17) is 5.84 Å². The van der Waals surface area contributed by atoms with Gasteiger partial charge in [0, 0.05) is 12.1 Å². The lowest BCUT2D eigenvalue weighted by Crippen LogP contribution is -2.27. The van der Waals surface area contributed by atoms with Crippen molar-refractivity contribution < 1.29 is 4.79 Å². The summed E-state index contributed by atoms with van der Waals surface area (Å²) >= 11 is 1.28. The second kappa shape index (κ2) is 8.01. The number of rotatable bonds is 7. The molecule has 7 heteroatoms. The van der Waals surface area contributed by atoms with E-state index in [2.05, 4.69) is 29.4 Å². The number of aromatic nitrogens is 3. The summed E-state index contributed by atoms with van der Waals surface area (Å²) in [5.74, 6) is 7.47. The number of nitrogens with zero attached hydrogens (tertiary/aromatic N) is 3. The number of nitrogens with one attached hydrogen (secondary N) is 1. The number of nitrogen functional groups attached to an aromatic ring is 1. The number of hydrogen-bond donors (Lipinski definition) is 2. The molecule has 0 bridgehead atoms. The van der Waals surface area contributed by atoms with Crippen LogP contribution in [0.4, 0.5) is 0 Å². The van der Waals surface area contributed by atoms with Crippen molar-refractivity contribution in [3.63, 3.8) is 0 Å². The lowest BCUT2D eigenvalue weighted by molar-refractivity contribution is -0.118. The Kier molecular flexibility index (Phi) is 6.04. The molecule has 0 aliphatic carbocycles. The van der Waals surface area contributed by atoms with Gasteiger partial charge in [-0.1, -0.05) is 55.4 Å². The first-order chi connectivity index (χ1) is 11.0. The number of carbonyl (C=O) groups is 1. The Labute approximate surface area is 140 Å². The zero-order valence-corrected chi connectivity index (χ0v) is 14.6. The Morgan fingerprint density at radius 2 is 2.00 bits per heavy atom. The Balaban J connectivity index is 1.92. The third-order valence-electron chi connectivity index (χ3n) is 3.35. The standard InChI is InChI=1S/C16H23N5OS/c1-11(2)8-9-18-14(22)10-23-16-20-19-15(21(16)17)13-6-4-12(3)5-7-13/h4-7,11H,8-10,17H2,1-3H3,(H,18,22). The molecule has 0 saturated heterocycles. The third-order valence-corrected chi connectivity index (χ3v) is 4.29. The van der Waals surface area contributed by atoms with E-state index < -0.39 is 0 Å². The largest absolute Gasteiger partial charge is 0.355 e. The molecule has 0 atom stereocenters. The minimum absolute atomic E-state index is 0.0180. The van der Waals surface area contributed by atoms with Gasteiger partial charge < -0.3 is 11.2 Å². The average Bonchev–Trinajstić information content (AvgIpc) is 2.87. The number of benzene rings is 1. The lowest BCUT2D eigenvalue weighted by Gasteiger charge is -2.07. The topological polar surface area (TPSA) is 85.8 Å². The molecule has 0 saturated carbocycles. The number of thioether (sulfide) groups is 1. The first kappa shape index (κ1) is 17.3. The molecule has 6 nitrogen and oxygen atoms in total. The van der Waals surface area contributed by atoms with Gasteiger partial charge in [-0.25, -0.2) is 4.68 Å². The molecule has 0 fully saturated rings. The van der Waals surface area contributed by atoms with Crippen LogP contribution in [0.25, 0.3) is 11.4 Å². The van der Waals surface area contributed by atoms with Crippen molar-refractivity contribution >= 4 is 17.7 Å². The average molecular weight is 333 g/mol. The monoisotopic (exact) mass is 333 g/mol. The van der Waals surface area contributed by atoms with Crippen molar-refractivity contribution in [1.82, 2.24) is 20.2 Å². The van der Waals surface area contributed by atoms with Gasteiger partial charge in [-0.05, 0) is 19.3 Å². The van der Waals surface area contributed by atoms with E-state index in [-0.39, 0.29) is 11.7 Å². The zero-order valence-electron chi connectivity index (χ0n) is 13.7. The number of nitrogens with two attached hydrogens (primary N) is 1. The SMILES string of the molecule is Cc1ccc(-c2nnc(SCC(=O)NCCC(C)C)n2N)cc1. The van der Waals surface area contributed by atoms with Crippen LogP contribution in [0.5, 0.6) is 0 Å². The van der Waals surface area contributed by atoms with Crippen LogP contribution in [0, 0.1) is 12.8 Å². The van der Waals surface area contributed by atoms with Crippen LogP contribution in [-0.4, -0.2) is 33.1 Å². The minimum atomic E-state index is -0.0180. The molecule has 23 heavy (non-hydrogen) atoms. The van der Waals surface area contributed by atoms with E-state index in [1.165, 1.54) is 22.0 Å². The second-order valence-corrected chi connectivity index (χ2v) is 6.81. The Bertz CT molecular complexity index is 651. The molecule has 1 aromatic heterocycles. The summed E-state index contributed by atoms with van der Waals surface area (Å²) in [7, 11) is 0. The van der Waals surface area contributed by atoms with Crippen molar-refractivity contribution in [3.05, 3.63) is 29.8 Å². The van der Waals surface area contributed by atoms with Crippen molar-refractivity contribution in [2.45, 2.75) is 32.3 Å². The predicted octanol–water partition coefficient (Wildman–Crippen LogP) is 2.22. The first-order valence-corrected chi connectivity index (χ1v) is 8.63. The van der Waals surface area contributed by atoms with Gasteiger partial charge in [0.1, 0.15) is 0 Å². The zero-order chi connectivity index (χ0) is 16.8. The third kappa shape index (κ3) is 4.99. The molecule has 2 rings (SSSR count). The van der Waals surface area contributed by atoms with Crippen molar-refractivity contribution in [1.29, 1.82) is 0 Å². The Hall–Kier alpha value is -2.02. The van der Waals surface area contributed by atoms with Gasteiger partial charge in [0.15, 0.2) is 5.82 Å². The van der Waals surface area contributed by atoms with Crippen LogP contribution in [0.1, 0.15) is 25.8 Å². The molecule has 2 aromatic rings. The van der Waals surface area contributed by atoms with Crippen LogP contribution in [0.2, 0.25) is 0 Å². The van der Waals surface area contributed by atoms with E-state index in [0.29, 0.717) is 23.4 Å². The molecule has 0 aliphatic heterocycles. The molecule has 0 unspecified atom stereocenters. The Morgan fingerprint density at radius 3 is 2.65 bits per heavy atom. The molecule has 0 spiro atoms. The quantitative estimate of drug-likeness (QED) is 0.599. The van der Waals surface area contributed by atoms with Crippen LogP contribution >= 0.6 is 11.8 Å². The highest BCUT2D eigenvalue weighted by Crippen LogP contribution is 2.21. The van der Waals surface area contributed by atoms with E-state index >= 15 is 0 Å². The highest BCUT2D eigenvalue weighted by Gasteiger charge is 2.13. The predicted molar refractivity (Wildman–Crippen MR) is 93.5 cm³/mol. The maximum absolute atomic E-state index is 11.8. The highest BCUT2D eigenvalue weighted by atomic mass is 32.2. The summed E-state index contributed by atoms with van der Waals surface area (Å²) in [6.45, 7) is 6.98. The van der Waals surface area contributed by atoms with Gasteiger partial charge in [-0.2, -0.15) is 0 Å². The van der Waals surface area contributed by atoms with Crippen LogP contribution in [0.3, 0.4) is 0 Å². The van der Waals surface area contributed by atoms with Crippen LogP contribution in [0.15, 0.2) is 29.4 Å². The van der Waals surface area contributed by atoms with Gasteiger partial charge in [-0.15, -0.1) is 10.2 Å². The molecule has 0 radical (unpaired) electrons. The molecule has 3 N–H and O–H groups in total. The van der Waals surface area contributed by atoms with Crippen molar-refractivity contribution in [2.24, 2.45) is 5.92 Å². The van der Waals surface area contributed by atoms with Crippen molar-refractivity contribution in [2.75, 3.05) is 18.1 Å². The van der Waals surface area contributed by atoms with Gasteiger partial charge in [0.25, 0.3) is 0 Å².